The zero-order chi connectivity index (χ0) is 27.9. The Morgan fingerprint density at radius 3 is 2.59 bits per heavy atom. The molecule has 3 aliphatic carbocycles. The number of benzene rings is 3. The van der Waals surface area contributed by atoms with Gasteiger partial charge < -0.3 is 9.64 Å². The first-order chi connectivity index (χ1) is 19.9. The second-order valence-corrected chi connectivity index (χ2v) is 13.6. The van der Waals surface area contributed by atoms with Gasteiger partial charge in [0.2, 0.25) is 0 Å². The number of fused-ring (bicyclic) bond motifs is 9. The van der Waals surface area contributed by atoms with E-state index in [1.807, 2.05) is 0 Å². The van der Waals surface area contributed by atoms with Crippen molar-refractivity contribution in [2.45, 2.75) is 31.2 Å². The topological polar surface area (TPSA) is 12.5 Å². The maximum atomic E-state index is 6.92. The minimum Gasteiger partial charge on any atom is -0.456 e. The average molecular weight is 663 g/mol. The molecule has 4 heteroatoms. The highest BCUT2D eigenvalue weighted by atomic mass is 79.9. The molecule has 0 amide bonds. The second-order valence-electron chi connectivity index (χ2n) is 11.8. The lowest BCUT2D eigenvalue weighted by atomic mass is 9.53. The van der Waals surface area contributed by atoms with Gasteiger partial charge in [0, 0.05) is 43.0 Å². The molecule has 4 unspecified atom stereocenters. The quantitative estimate of drug-likeness (QED) is 0.257. The van der Waals surface area contributed by atoms with Crippen molar-refractivity contribution >= 4 is 43.2 Å². The summed E-state index contributed by atoms with van der Waals surface area (Å²) in [7, 11) is 0. The summed E-state index contributed by atoms with van der Waals surface area (Å²) < 4.78 is 9.11. The maximum Gasteiger partial charge on any atom is 0.136 e. The Balaban J connectivity index is 1.55. The van der Waals surface area contributed by atoms with Gasteiger partial charge in [0.1, 0.15) is 11.5 Å². The Morgan fingerprint density at radius 1 is 0.927 bits per heavy atom. The summed E-state index contributed by atoms with van der Waals surface area (Å²) in [6.07, 6.45) is 17.1. The predicted octanol–water partition coefficient (Wildman–Crippen LogP) is 10.2. The fourth-order valence-electron chi connectivity index (χ4n) is 7.79. The minimum atomic E-state index is -0.552. The normalized spacial score (nSPS) is 28.9. The lowest BCUT2D eigenvalue weighted by Crippen LogP contribution is -2.58. The van der Waals surface area contributed by atoms with Gasteiger partial charge in [-0.25, -0.2) is 0 Å². The zero-order valence-electron chi connectivity index (χ0n) is 22.9. The van der Waals surface area contributed by atoms with Crippen molar-refractivity contribution in [3.05, 3.63) is 158 Å². The lowest BCUT2D eigenvalue weighted by Gasteiger charge is -2.59. The van der Waals surface area contributed by atoms with E-state index in [-0.39, 0.29) is 5.54 Å². The molecule has 0 saturated carbocycles. The molecule has 0 saturated heterocycles. The van der Waals surface area contributed by atoms with Gasteiger partial charge in [0.25, 0.3) is 0 Å². The van der Waals surface area contributed by atoms with Crippen molar-refractivity contribution in [3.8, 4) is 5.75 Å². The number of hydrogen-bond acceptors (Lipinski definition) is 2. The molecule has 0 aromatic heterocycles. The van der Waals surface area contributed by atoms with Crippen LogP contribution in [0.3, 0.4) is 0 Å². The Morgan fingerprint density at radius 2 is 1.73 bits per heavy atom. The molecule has 2 aliphatic heterocycles. The highest BCUT2D eigenvalue weighted by Gasteiger charge is 2.60. The number of hydrogen-bond donors (Lipinski definition) is 0. The minimum absolute atomic E-state index is 0.297. The molecule has 2 heterocycles. The second kappa shape index (κ2) is 9.08. The molecule has 2 nitrogen and oxygen atoms in total. The summed E-state index contributed by atoms with van der Waals surface area (Å²) in [6, 6.07) is 26.3. The Kier molecular flexibility index (Phi) is 5.62. The Hall–Kier alpha value is -3.34. The summed E-state index contributed by atoms with van der Waals surface area (Å²) >= 11 is 7.79. The molecule has 4 atom stereocenters. The highest BCUT2D eigenvalue weighted by molar-refractivity contribution is 9.12. The smallest absolute Gasteiger partial charge is 0.136 e. The van der Waals surface area contributed by atoms with E-state index in [0.717, 1.165) is 26.9 Å². The zero-order valence-corrected chi connectivity index (χ0v) is 26.1. The number of anilines is 2. The molecule has 0 fully saturated rings. The van der Waals surface area contributed by atoms with Crippen LogP contribution in [-0.4, -0.2) is 5.54 Å². The number of nitrogens with zero attached hydrogens (tertiary/aromatic N) is 1. The predicted molar refractivity (Wildman–Crippen MR) is 175 cm³/mol. The van der Waals surface area contributed by atoms with Crippen LogP contribution in [0.4, 0.5) is 11.4 Å². The van der Waals surface area contributed by atoms with Crippen LogP contribution in [0.5, 0.6) is 5.75 Å². The number of halogens is 2. The number of allylic oxidation sites excluding steroid dienone is 9. The van der Waals surface area contributed by atoms with Gasteiger partial charge in [-0.1, -0.05) is 112 Å². The molecular formula is C37H29Br2NO. The number of rotatable bonds is 1. The fraction of sp³-hybridized carbons (Fsp3) is 0.189. The van der Waals surface area contributed by atoms with Crippen molar-refractivity contribution in [3.63, 3.8) is 0 Å². The fourth-order valence-corrected chi connectivity index (χ4v) is 8.55. The average Bonchev–Trinajstić information content (AvgIpc) is 2.99. The summed E-state index contributed by atoms with van der Waals surface area (Å²) in [6.45, 7) is 4.71. The van der Waals surface area contributed by atoms with Gasteiger partial charge in [-0.2, -0.15) is 0 Å². The first-order valence-electron chi connectivity index (χ1n) is 14.3. The van der Waals surface area contributed by atoms with Gasteiger partial charge in [0.15, 0.2) is 0 Å². The first kappa shape index (κ1) is 25.4. The molecule has 3 aromatic rings. The van der Waals surface area contributed by atoms with Crippen molar-refractivity contribution in [2.24, 2.45) is 11.8 Å². The van der Waals surface area contributed by atoms with Crippen LogP contribution in [-0.2, 0) is 5.41 Å². The van der Waals surface area contributed by atoms with Gasteiger partial charge in [-0.15, -0.1) is 0 Å². The summed E-state index contributed by atoms with van der Waals surface area (Å²) in [5.41, 5.74) is 7.80. The molecule has 41 heavy (non-hydrogen) atoms. The summed E-state index contributed by atoms with van der Waals surface area (Å²) in [4.78, 5) is 2.56. The third kappa shape index (κ3) is 3.41. The van der Waals surface area contributed by atoms with Crippen molar-refractivity contribution in [1.29, 1.82) is 0 Å². The van der Waals surface area contributed by atoms with Crippen molar-refractivity contribution < 1.29 is 4.74 Å². The van der Waals surface area contributed by atoms with E-state index in [2.05, 4.69) is 166 Å². The van der Waals surface area contributed by atoms with E-state index >= 15 is 0 Å². The standard InChI is InChI=1S/C37H29Br2NO/c1-23-9-8-12-28-27(23)16-17-30-35(28)41-33-14-7-6-13-29(33)37(30)31-21-24(38)15-18-32(31)40(26-10-4-3-5-11-26)36(2)20-19-25(39)22-34(36)37/h3-19,21-23,27H,20H2,1-2H3. The molecule has 1 spiro atoms. The van der Waals surface area contributed by atoms with Gasteiger partial charge in [-0.3, -0.25) is 0 Å². The van der Waals surface area contributed by atoms with Crippen LogP contribution in [0.2, 0.25) is 0 Å². The van der Waals surface area contributed by atoms with Crippen LogP contribution in [0, 0.1) is 11.8 Å². The first-order valence-corrected chi connectivity index (χ1v) is 15.8. The van der Waals surface area contributed by atoms with Crippen LogP contribution in [0.15, 0.2) is 147 Å². The molecule has 202 valence electrons. The molecule has 3 aromatic carbocycles. The molecular weight excluding hydrogens is 634 g/mol. The van der Waals surface area contributed by atoms with E-state index in [0.29, 0.717) is 11.8 Å². The summed E-state index contributed by atoms with van der Waals surface area (Å²) in [5, 5.41) is 0. The van der Waals surface area contributed by atoms with E-state index in [1.54, 1.807) is 0 Å². The summed E-state index contributed by atoms with van der Waals surface area (Å²) in [5.74, 6) is 2.64. The van der Waals surface area contributed by atoms with Crippen LogP contribution < -0.4 is 9.64 Å². The van der Waals surface area contributed by atoms with E-state index in [1.165, 1.54) is 39.2 Å². The lowest BCUT2D eigenvalue weighted by molar-refractivity contribution is 0.353. The molecule has 0 bridgehead atoms. The maximum absolute atomic E-state index is 6.92. The molecule has 0 radical (unpaired) electrons. The highest BCUT2D eigenvalue weighted by Crippen LogP contribution is 2.66. The van der Waals surface area contributed by atoms with E-state index < -0.39 is 5.41 Å². The van der Waals surface area contributed by atoms with Crippen molar-refractivity contribution in [1.82, 2.24) is 0 Å². The van der Waals surface area contributed by atoms with Gasteiger partial charge in [-0.05, 0) is 72.9 Å². The monoisotopic (exact) mass is 661 g/mol. The SMILES string of the molecule is CC1C=CC=C2C3=C(C=CC21)C1(C2=CC(Br)=CCC2(C)N(c2ccccc2)c2ccc(Br)cc21)c1ccccc1O3. The van der Waals surface area contributed by atoms with Gasteiger partial charge in [0.05, 0.1) is 11.0 Å². The molecule has 5 aliphatic rings. The largest absolute Gasteiger partial charge is 0.456 e. The Bertz CT molecular complexity index is 1810. The Labute approximate surface area is 258 Å². The van der Waals surface area contributed by atoms with Crippen LogP contribution >= 0.6 is 31.9 Å². The number of ether oxygens (including phenoxy) is 1. The van der Waals surface area contributed by atoms with Crippen LogP contribution in [0.1, 0.15) is 31.4 Å². The van der Waals surface area contributed by atoms with E-state index in [4.69, 9.17) is 4.74 Å². The van der Waals surface area contributed by atoms with Crippen LogP contribution in [0.25, 0.3) is 0 Å². The molecule has 8 rings (SSSR count). The number of para-hydroxylation sites is 2. The third-order valence-corrected chi connectivity index (χ3v) is 10.6. The van der Waals surface area contributed by atoms with Gasteiger partial charge >= 0.3 is 0 Å². The van der Waals surface area contributed by atoms with E-state index in [9.17, 15) is 0 Å². The third-order valence-electron chi connectivity index (χ3n) is 9.57. The van der Waals surface area contributed by atoms with Crippen molar-refractivity contribution in [2.75, 3.05) is 4.90 Å². The molecule has 0 N–H and O–H groups in total.